The molecule has 2 aromatic carbocycles. The fraction of sp³-hybridized carbons (Fsp3) is 0.150. The van der Waals surface area contributed by atoms with Crippen LogP contribution in [0.4, 0.5) is 4.39 Å². The molecule has 1 aliphatic heterocycles. The molecule has 2 heterocycles. The molecular weight excluding hydrogens is 317 g/mol. The molecule has 0 aliphatic carbocycles. The van der Waals surface area contributed by atoms with Gasteiger partial charge in [-0.3, -0.25) is 0 Å². The zero-order valence-corrected chi connectivity index (χ0v) is 13.8. The van der Waals surface area contributed by atoms with Gasteiger partial charge >= 0.3 is 0 Å². The van der Waals surface area contributed by atoms with Crippen LogP contribution in [-0.4, -0.2) is 21.7 Å². The highest BCUT2D eigenvalue weighted by atomic mass is 19.1. The maximum atomic E-state index is 13.4. The number of hydrogen-bond acceptors (Lipinski definition) is 3. The summed E-state index contributed by atoms with van der Waals surface area (Å²) in [5.74, 6) is 0.530. The fourth-order valence-electron chi connectivity index (χ4n) is 3.20. The van der Waals surface area contributed by atoms with Crippen molar-refractivity contribution in [2.75, 3.05) is 7.05 Å². The molecule has 3 aromatic rings. The Morgan fingerprint density at radius 3 is 2.52 bits per heavy atom. The predicted octanol–water partition coefficient (Wildman–Crippen LogP) is 3.84. The van der Waals surface area contributed by atoms with Gasteiger partial charge in [-0.25, -0.2) is 9.37 Å². The SMILES string of the molecule is CN1OC(c2ccccc2)=CC1(Cn1ccnc1)c1ccc(F)cc1. The van der Waals surface area contributed by atoms with Crippen LogP contribution in [0.15, 0.2) is 79.4 Å². The maximum Gasteiger partial charge on any atom is 0.153 e. The minimum atomic E-state index is -0.556. The van der Waals surface area contributed by atoms with E-state index in [1.165, 1.54) is 12.1 Å². The van der Waals surface area contributed by atoms with E-state index < -0.39 is 5.54 Å². The summed E-state index contributed by atoms with van der Waals surface area (Å²) in [5.41, 5.74) is 1.40. The van der Waals surface area contributed by atoms with Crippen LogP contribution in [0.1, 0.15) is 11.1 Å². The van der Waals surface area contributed by atoms with E-state index in [0.717, 1.165) is 16.9 Å². The van der Waals surface area contributed by atoms with Crippen molar-refractivity contribution >= 4 is 5.76 Å². The molecule has 126 valence electrons. The van der Waals surface area contributed by atoms with E-state index >= 15 is 0 Å². The van der Waals surface area contributed by atoms with Crippen LogP contribution in [0.25, 0.3) is 5.76 Å². The van der Waals surface area contributed by atoms with Gasteiger partial charge in [0.15, 0.2) is 5.76 Å². The Labute approximate surface area is 145 Å². The van der Waals surface area contributed by atoms with Crippen LogP contribution in [0.3, 0.4) is 0 Å². The van der Waals surface area contributed by atoms with Crippen molar-refractivity contribution in [1.29, 1.82) is 0 Å². The average Bonchev–Trinajstić information content (AvgIpc) is 3.25. The average molecular weight is 335 g/mol. The van der Waals surface area contributed by atoms with Gasteiger partial charge in [-0.15, -0.1) is 5.06 Å². The molecule has 5 heteroatoms. The Kier molecular flexibility index (Phi) is 3.86. The molecule has 0 N–H and O–H groups in total. The van der Waals surface area contributed by atoms with E-state index in [9.17, 15) is 4.39 Å². The molecule has 0 saturated heterocycles. The summed E-state index contributed by atoms with van der Waals surface area (Å²) < 4.78 is 15.4. The monoisotopic (exact) mass is 335 g/mol. The van der Waals surface area contributed by atoms with E-state index in [1.807, 2.05) is 53.2 Å². The number of nitrogens with zero attached hydrogens (tertiary/aromatic N) is 3. The highest BCUT2D eigenvalue weighted by Gasteiger charge is 2.42. The number of imidazole rings is 1. The molecule has 1 atom stereocenters. The van der Waals surface area contributed by atoms with Crippen molar-refractivity contribution in [3.63, 3.8) is 0 Å². The normalized spacial score (nSPS) is 20.3. The van der Waals surface area contributed by atoms with Gasteiger partial charge in [-0.05, 0) is 23.8 Å². The van der Waals surface area contributed by atoms with Crippen LogP contribution in [-0.2, 0) is 16.9 Å². The molecule has 0 fully saturated rings. The fourth-order valence-corrected chi connectivity index (χ4v) is 3.20. The molecule has 0 saturated carbocycles. The van der Waals surface area contributed by atoms with Gasteiger partial charge in [-0.1, -0.05) is 42.5 Å². The second-order valence-corrected chi connectivity index (χ2v) is 6.13. The molecular formula is C20H18FN3O. The minimum Gasteiger partial charge on any atom is -0.405 e. The highest BCUT2D eigenvalue weighted by molar-refractivity contribution is 5.63. The van der Waals surface area contributed by atoms with Crippen LogP contribution < -0.4 is 0 Å². The number of aromatic nitrogens is 2. The van der Waals surface area contributed by atoms with Crippen molar-refractivity contribution in [3.05, 3.63) is 96.3 Å². The summed E-state index contributed by atoms with van der Waals surface area (Å²) in [5, 5.41) is 1.82. The van der Waals surface area contributed by atoms with E-state index in [2.05, 4.69) is 11.1 Å². The molecule has 4 rings (SSSR count). The van der Waals surface area contributed by atoms with E-state index in [1.54, 1.807) is 24.7 Å². The molecule has 0 bridgehead atoms. The summed E-state index contributed by atoms with van der Waals surface area (Å²) in [4.78, 5) is 10.2. The lowest BCUT2D eigenvalue weighted by Crippen LogP contribution is -2.41. The summed E-state index contributed by atoms with van der Waals surface area (Å²) in [6.07, 6.45) is 7.52. The zero-order valence-electron chi connectivity index (χ0n) is 13.8. The van der Waals surface area contributed by atoms with Crippen molar-refractivity contribution in [2.45, 2.75) is 12.1 Å². The van der Waals surface area contributed by atoms with E-state index in [4.69, 9.17) is 4.84 Å². The van der Waals surface area contributed by atoms with Gasteiger partial charge in [-0.2, -0.15) is 0 Å². The van der Waals surface area contributed by atoms with Crippen molar-refractivity contribution in [2.24, 2.45) is 0 Å². The summed E-state index contributed by atoms with van der Waals surface area (Å²) >= 11 is 0. The molecule has 0 radical (unpaired) electrons. The van der Waals surface area contributed by atoms with Gasteiger partial charge in [0.2, 0.25) is 0 Å². The van der Waals surface area contributed by atoms with Gasteiger partial charge in [0, 0.05) is 25.0 Å². The third-order valence-electron chi connectivity index (χ3n) is 4.55. The van der Waals surface area contributed by atoms with Crippen LogP contribution in [0.2, 0.25) is 0 Å². The lowest BCUT2D eigenvalue weighted by molar-refractivity contribution is -0.117. The Hall–Kier alpha value is -2.92. The second-order valence-electron chi connectivity index (χ2n) is 6.13. The number of hydroxylamine groups is 2. The molecule has 0 spiro atoms. The quantitative estimate of drug-likeness (QED) is 0.726. The summed E-state index contributed by atoms with van der Waals surface area (Å²) in [6, 6.07) is 16.5. The standard InChI is InChI=1S/C20H18FN3O/c1-23-20(14-24-12-11-22-15-24,17-7-9-18(21)10-8-17)13-19(25-23)16-5-3-2-4-6-16/h2-13,15H,14H2,1H3. The Morgan fingerprint density at radius 1 is 1.08 bits per heavy atom. The third-order valence-corrected chi connectivity index (χ3v) is 4.55. The van der Waals surface area contributed by atoms with Gasteiger partial charge in [0.05, 0.1) is 12.9 Å². The second kappa shape index (κ2) is 6.18. The first-order valence-electron chi connectivity index (χ1n) is 8.09. The first kappa shape index (κ1) is 15.6. The number of benzene rings is 2. The predicted molar refractivity (Wildman–Crippen MR) is 93.6 cm³/mol. The number of likely N-dealkylation sites (N-methyl/N-ethyl adjacent to an activating group) is 1. The van der Waals surface area contributed by atoms with E-state index in [-0.39, 0.29) is 5.82 Å². The lowest BCUT2D eigenvalue weighted by atomic mass is 9.88. The van der Waals surface area contributed by atoms with Crippen molar-refractivity contribution in [3.8, 4) is 0 Å². The lowest BCUT2D eigenvalue weighted by Gasteiger charge is -2.33. The highest BCUT2D eigenvalue weighted by Crippen LogP contribution is 2.41. The molecule has 1 unspecified atom stereocenters. The van der Waals surface area contributed by atoms with Crippen molar-refractivity contribution < 1.29 is 9.23 Å². The van der Waals surface area contributed by atoms with Crippen LogP contribution >= 0.6 is 0 Å². The van der Waals surface area contributed by atoms with Gasteiger partial charge < -0.3 is 9.40 Å². The molecule has 4 nitrogen and oxygen atoms in total. The Balaban J connectivity index is 1.82. The molecule has 1 aliphatic rings. The van der Waals surface area contributed by atoms with Crippen LogP contribution in [0, 0.1) is 5.82 Å². The van der Waals surface area contributed by atoms with E-state index in [0.29, 0.717) is 6.54 Å². The number of halogens is 1. The summed E-state index contributed by atoms with van der Waals surface area (Å²) in [7, 11) is 1.90. The topological polar surface area (TPSA) is 30.3 Å². The van der Waals surface area contributed by atoms with Gasteiger partial charge in [0.25, 0.3) is 0 Å². The maximum absolute atomic E-state index is 13.4. The van der Waals surface area contributed by atoms with Gasteiger partial charge in [0.1, 0.15) is 11.4 Å². The Morgan fingerprint density at radius 2 is 1.84 bits per heavy atom. The number of rotatable bonds is 4. The molecule has 1 aromatic heterocycles. The largest absolute Gasteiger partial charge is 0.405 e. The van der Waals surface area contributed by atoms with Crippen LogP contribution in [0.5, 0.6) is 0 Å². The molecule has 25 heavy (non-hydrogen) atoms. The molecule has 0 amide bonds. The Bertz CT molecular complexity index is 875. The third kappa shape index (κ3) is 2.83. The smallest absolute Gasteiger partial charge is 0.153 e. The van der Waals surface area contributed by atoms with Crippen molar-refractivity contribution in [1.82, 2.24) is 14.6 Å². The minimum absolute atomic E-state index is 0.254. The first-order chi connectivity index (χ1) is 12.2. The number of hydrogen-bond donors (Lipinski definition) is 0. The first-order valence-corrected chi connectivity index (χ1v) is 8.09. The summed E-state index contributed by atoms with van der Waals surface area (Å²) in [6.45, 7) is 0.603. The zero-order chi connectivity index (χ0) is 17.3.